The van der Waals surface area contributed by atoms with Crippen LogP contribution in [0.25, 0.3) is 0 Å². The standard InChI is InChI=1S/2C7H6O2.Cu.2H2O/c2*8-7(9)6-4-2-1-3-5-6;;;/h2*1-5H,(H,8,9);;2*1H2/q;;+2;;/p-2. The largest absolute Gasteiger partial charge is 2.00 e. The number of carbonyl (C=O) groups excluding carboxylic acids is 2. The van der Waals surface area contributed by atoms with Crippen molar-refractivity contribution in [2.24, 2.45) is 0 Å². The van der Waals surface area contributed by atoms with Gasteiger partial charge in [-0.15, -0.1) is 0 Å². The fraction of sp³-hybridized carbons (Fsp3) is 0. The van der Waals surface area contributed by atoms with Crippen molar-refractivity contribution >= 4 is 11.9 Å². The Kier molecular flexibility index (Phi) is 14.6. The summed E-state index contributed by atoms with van der Waals surface area (Å²) >= 11 is 0. The number of benzene rings is 2. The summed E-state index contributed by atoms with van der Waals surface area (Å²) in [6.07, 6.45) is 0. The number of hydrogen-bond donors (Lipinski definition) is 0. The molecule has 1 radical (unpaired) electrons. The summed E-state index contributed by atoms with van der Waals surface area (Å²) in [6, 6.07) is 16.1. The predicted molar refractivity (Wildman–Crippen MR) is 68.8 cm³/mol. The zero-order valence-electron chi connectivity index (χ0n) is 10.7. The number of carbonyl (C=O) groups is 2. The van der Waals surface area contributed by atoms with Crippen molar-refractivity contribution in [2.75, 3.05) is 0 Å². The zero-order chi connectivity index (χ0) is 13.4. The third-order valence-electron chi connectivity index (χ3n) is 2.02. The Bertz CT molecular complexity index is 466. The molecule has 21 heavy (non-hydrogen) atoms. The summed E-state index contributed by atoms with van der Waals surface area (Å²) in [4.78, 5) is 20.2. The van der Waals surface area contributed by atoms with Gasteiger partial charge in [0.25, 0.3) is 0 Å². The molecule has 7 heteroatoms. The first-order valence-electron chi connectivity index (χ1n) is 5.14. The van der Waals surface area contributed by atoms with Crippen LogP contribution in [0.1, 0.15) is 20.7 Å². The van der Waals surface area contributed by atoms with Gasteiger partial charge in [-0.25, -0.2) is 0 Å². The number of rotatable bonds is 2. The number of carboxylic acid groups (broad SMARTS) is 2. The van der Waals surface area contributed by atoms with E-state index in [9.17, 15) is 19.8 Å². The van der Waals surface area contributed by atoms with Crippen molar-refractivity contribution in [3.8, 4) is 0 Å². The minimum Gasteiger partial charge on any atom is -0.545 e. The van der Waals surface area contributed by atoms with E-state index < -0.39 is 11.9 Å². The molecule has 0 spiro atoms. The van der Waals surface area contributed by atoms with E-state index in [4.69, 9.17) is 0 Å². The number of hydrogen-bond acceptors (Lipinski definition) is 4. The fourth-order valence-corrected chi connectivity index (χ4v) is 1.15. The van der Waals surface area contributed by atoms with E-state index in [0.29, 0.717) is 0 Å². The van der Waals surface area contributed by atoms with Crippen LogP contribution in [-0.2, 0) is 17.1 Å². The first-order valence-corrected chi connectivity index (χ1v) is 5.14. The van der Waals surface area contributed by atoms with E-state index in [0.717, 1.165) is 0 Å². The first-order chi connectivity index (χ1) is 8.61. The molecule has 6 nitrogen and oxygen atoms in total. The normalized spacial score (nSPS) is 7.62. The molecule has 0 aliphatic rings. The second kappa shape index (κ2) is 12.8. The molecular formula is C14H14CuO6. The molecular weight excluding hydrogens is 328 g/mol. The van der Waals surface area contributed by atoms with Gasteiger partial charge in [-0.05, 0) is 11.1 Å². The molecule has 0 bridgehead atoms. The van der Waals surface area contributed by atoms with Crippen LogP contribution >= 0.6 is 0 Å². The van der Waals surface area contributed by atoms with Gasteiger partial charge in [0.1, 0.15) is 0 Å². The average molecular weight is 342 g/mol. The molecule has 0 aromatic heterocycles. The van der Waals surface area contributed by atoms with Crippen LogP contribution in [0.4, 0.5) is 0 Å². The van der Waals surface area contributed by atoms with E-state index in [1.807, 2.05) is 0 Å². The average Bonchev–Trinajstić information content (AvgIpc) is 2.41. The molecule has 0 saturated carbocycles. The van der Waals surface area contributed by atoms with Gasteiger partial charge in [-0.3, -0.25) is 0 Å². The maximum absolute atomic E-state index is 10.1. The Hall–Kier alpha value is -2.18. The number of carboxylic acids is 2. The molecule has 2 rings (SSSR count). The molecule has 2 aromatic rings. The van der Waals surface area contributed by atoms with Crippen LogP contribution in [-0.4, -0.2) is 22.9 Å². The summed E-state index contributed by atoms with van der Waals surface area (Å²) in [5, 5.41) is 20.2. The monoisotopic (exact) mass is 341 g/mol. The smallest absolute Gasteiger partial charge is 0.545 e. The minimum absolute atomic E-state index is 0. The third-order valence-corrected chi connectivity index (χ3v) is 2.02. The molecule has 0 heterocycles. The van der Waals surface area contributed by atoms with Crippen LogP contribution in [0.3, 0.4) is 0 Å². The molecule has 4 N–H and O–H groups in total. The van der Waals surface area contributed by atoms with Crippen molar-refractivity contribution in [3.63, 3.8) is 0 Å². The van der Waals surface area contributed by atoms with E-state index in [1.165, 1.54) is 24.3 Å². The second-order valence-corrected chi connectivity index (χ2v) is 3.31. The maximum Gasteiger partial charge on any atom is 2.00 e. The van der Waals surface area contributed by atoms with Gasteiger partial charge in [0.15, 0.2) is 0 Å². The summed E-state index contributed by atoms with van der Waals surface area (Å²) in [5.74, 6) is -2.26. The van der Waals surface area contributed by atoms with Gasteiger partial charge in [-0.1, -0.05) is 60.7 Å². The fourth-order valence-electron chi connectivity index (χ4n) is 1.15. The van der Waals surface area contributed by atoms with Gasteiger partial charge < -0.3 is 30.8 Å². The van der Waals surface area contributed by atoms with E-state index in [-0.39, 0.29) is 39.1 Å². The van der Waals surface area contributed by atoms with Crippen molar-refractivity contribution in [1.29, 1.82) is 0 Å². The van der Waals surface area contributed by atoms with Gasteiger partial charge in [0.2, 0.25) is 0 Å². The Morgan fingerprint density at radius 3 is 1.00 bits per heavy atom. The Labute approximate surface area is 132 Å². The van der Waals surface area contributed by atoms with Crippen molar-refractivity contribution in [1.82, 2.24) is 0 Å². The topological polar surface area (TPSA) is 143 Å². The molecule has 0 saturated heterocycles. The predicted octanol–water partition coefficient (Wildman–Crippen LogP) is -1.55. The molecule has 2 aromatic carbocycles. The second-order valence-electron chi connectivity index (χ2n) is 3.31. The van der Waals surface area contributed by atoms with Crippen LogP contribution in [0.5, 0.6) is 0 Å². The van der Waals surface area contributed by atoms with Crippen molar-refractivity contribution in [3.05, 3.63) is 71.8 Å². The first kappa shape index (κ1) is 23.9. The van der Waals surface area contributed by atoms with Gasteiger partial charge in [0.05, 0.1) is 11.9 Å². The Morgan fingerprint density at radius 2 is 0.857 bits per heavy atom. The third kappa shape index (κ3) is 9.37. The molecule has 0 fully saturated rings. The molecule has 0 aliphatic carbocycles. The van der Waals surface area contributed by atoms with Crippen molar-refractivity contribution < 1.29 is 47.8 Å². The van der Waals surface area contributed by atoms with Gasteiger partial charge in [0, 0.05) is 0 Å². The molecule has 117 valence electrons. The minimum atomic E-state index is -1.13. The van der Waals surface area contributed by atoms with Gasteiger partial charge >= 0.3 is 17.1 Å². The molecule has 0 unspecified atom stereocenters. The summed E-state index contributed by atoms with van der Waals surface area (Å²) in [7, 11) is 0. The SMILES string of the molecule is O.O.O=C([O-])c1ccccc1.O=C([O-])c1ccccc1.[Cu+2]. The van der Waals surface area contributed by atoms with Crippen LogP contribution in [0, 0.1) is 0 Å². The van der Waals surface area contributed by atoms with E-state index in [2.05, 4.69) is 0 Å². The van der Waals surface area contributed by atoms with E-state index in [1.54, 1.807) is 36.4 Å². The Balaban J connectivity index is -0.000000270. The molecule has 0 amide bonds. The maximum atomic E-state index is 10.1. The summed E-state index contributed by atoms with van der Waals surface area (Å²) < 4.78 is 0. The van der Waals surface area contributed by atoms with Crippen LogP contribution in [0.2, 0.25) is 0 Å². The van der Waals surface area contributed by atoms with Crippen LogP contribution < -0.4 is 10.2 Å². The zero-order valence-corrected chi connectivity index (χ0v) is 11.6. The summed E-state index contributed by atoms with van der Waals surface area (Å²) in [6.45, 7) is 0. The number of aromatic carboxylic acids is 2. The quantitative estimate of drug-likeness (QED) is 0.609. The summed E-state index contributed by atoms with van der Waals surface area (Å²) in [5.41, 5.74) is 0.440. The Morgan fingerprint density at radius 1 is 0.619 bits per heavy atom. The van der Waals surface area contributed by atoms with Crippen LogP contribution in [0.15, 0.2) is 60.7 Å². The molecule has 0 atom stereocenters. The molecule has 0 aliphatic heterocycles. The van der Waals surface area contributed by atoms with Gasteiger partial charge in [-0.2, -0.15) is 0 Å². The van der Waals surface area contributed by atoms with Crippen molar-refractivity contribution in [2.45, 2.75) is 0 Å². The van der Waals surface area contributed by atoms with E-state index >= 15 is 0 Å².